The van der Waals surface area contributed by atoms with E-state index in [9.17, 15) is 9.59 Å². The number of rotatable bonds is 5. The minimum Gasteiger partial charge on any atom is -0.480 e. The number of hydrogen-bond acceptors (Lipinski definition) is 2. The molecule has 0 aromatic carbocycles. The number of amides is 2. The number of terminal acetylenes is 1. The Morgan fingerprint density at radius 1 is 1.60 bits per heavy atom. The van der Waals surface area contributed by atoms with Crippen molar-refractivity contribution < 1.29 is 14.7 Å². The second kappa shape index (κ2) is 6.71. The molecular weight excluding hydrogens is 196 g/mol. The lowest BCUT2D eigenvalue weighted by Crippen LogP contribution is -2.45. The molecule has 0 saturated heterocycles. The zero-order chi connectivity index (χ0) is 11.8. The number of carboxylic acids is 1. The lowest BCUT2D eigenvalue weighted by Gasteiger charge is -2.21. The van der Waals surface area contributed by atoms with E-state index in [2.05, 4.69) is 11.2 Å². The molecule has 15 heavy (non-hydrogen) atoms. The monoisotopic (exact) mass is 212 g/mol. The van der Waals surface area contributed by atoms with Crippen molar-refractivity contribution in [3.8, 4) is 12.3 Å². The van der Waals surface area contributed by atoms with Crippen molar-refractivity contribution in [2.45, 2.75) is 26.3 Å². The molecule has 1 unspecified atom stereocenters. The fraction of sp³-hybridized carbons (Fsp3) is 0.600. The Morgan fingerprint density at radius 2 is 2.20 bits per heavy atom. The molecule has 2 amide bonds. The van der Waals surface area contributed by atoms with Gasteiger partial charge in [-0.1, -0.05) is 0 Å². The van der Waals surface area contributed by atoms with Crippen molar-refractivity contribution in [3.63, 3.8) is 0 Å². The number of carboxylic acid groups (broad SMARTS) is 1. The summed E-state index contributed by atoms with van der Waals surface area (Å²) in [7, 11) is 0. The summed E-state index contributed by atoms with van der Waals surface area (Å²) in [4.78, 5) is 23.1. The highest BCUT2D eigenvalue weighted by Crippen LogP contribution is 1.93. The Bertz CT molecular complexity index is 270. The van der Waals surface area contributed by atoms with E-state index in [-0.39, 0.29) is 12.6 Å². The van der Waals surface area contributed by atoms with Crippen LogP contribution in [0.1, 0.15) is 20.3 Å². The number of carbonyl (C=O) groups excluding carboxylic acids is 1. The van der Waals surface area contributed by atoms with Crippen molar-refractivity contribution in [2.24, 2.45) is 0 Å². The molecule has 0 bridgehead atoms. The molecule has 0 spiro atoms. The van der Waals surface area contributed by atoms with E-state index in [0.717, 1.165) is 0 Å². The lowest BCUT2D eigenvalue weighted by atomic mass is 10.2. The maximum absolute atomic E-state index is 11.5. The van der Waals surface area contributed by atoms with Crippen LogP contribution in [0.4, 0.5) is 4.79 Å². The molecule has 1 atom stereocenters. The Morgan fingerprint density at radius 3 is 2.60 bits per heavy atom. The summed E-state index contributed by atoms with van der Waals surface area (Å²) in [5, 5.41) is 11.2. The summed E-state index contributed by atoms with van der Waals surface area (Å²) in [6.45, 7) is 3.53. The molecular formula is C10H16N2O3. The van der Waals surface area contributed by atoms with Gasteiger partial charge in [-0.3, -0.25) is 4.79 Å². The standard InChI is InChI=1S/C10H16N2O3/c1-4-6-8(3)11-10(15)12(5-2)7-9(13)14/h1,8H,5-7H2,2-3H3,(H,11,15)(H,13,14). The molecule has 5 nitrogen and oxygen atoms in total. The van der Waals surface area contributed by atoms with E-state index in [1.165, 1.54) is 4.90 Å². The second-order valence-electron chi connectivity index (χ2n) is 3.17. The molecule has 0 aliphatic heterocycles. The highest BCUT2D eigenvalue weighted by atomic mass is 16.4. The highest BCUT2D eigenvalue weighted by molar-refractivity contribution is 5.80. The van der Waals surface area contributed by atoms with Gasteiger partial charge in [0.25, 0.3) is 0 Å². The van der Waals surface area contributed by atoms with Crippen LogP contribution in [0.3, 0.4) is 0 Å². The third-order valence-electron chi connectivity index (χ3n) is 1.79. The first kappa shape index (κ1) is 13.3. The predicted molar refractivity (Wildman–Crippen MR) is 56.3 cm³/mol. The quantitative estimate of drug-likeness (QED) is 0.652. The molecule has 0 saturated carbocycles. The summed E-state index contributed by atoms with van der Waals surface area (Å²) in [6.07, 6.45) is 5.51. The predicted octanol–water partition coefficient (Wildman–Crippen LogP) is 0.514. The summed E-state index contributed by atoms with van der Waals surface area (Å²) >= 11 is 0. The van der Waals surface area contributed by atoms with Gasteiger partial charge < -0.3 is 15.3 Å². The van der Waals surface area contributed by atoms with Gasteiger partial charge in [0.05, 0.1) is 0 Å². The molecule has 5 heteroatoms. The van der Waals surface area contributed by atoms with Gasteiger partial charge in [-0.25, -0.2) is 4.79 Å². The Hall–Kier alpha value is -1.70. The average Bonchev–Trinajstić information content (AvgIpc) is 2.13. The maximum atomic E-state index is 11.5. The first-order valence-corrected chi connectivity index (χ1v) is 4.72. The van der Waals surface area contributed by atoms with Crippen LogP contribution in [0.25, 0.3) is 0 Å². The maximum Gasteiger partial charge on any atom is 0.323 e. The Balaban J connectivity index is 4.16. The van der Waals surface area contributed by atoms with Crippen LogP contribution in [0.15, 0.2) is 0 Å². The van der Waals surface area contributed by atoms with Crippen LogP contribution in [0, 0.1) is 12.3 Å². The van der Waals surface area contributed by atoms with Crippen LogP contribution >= 0.6 is 0 Å². The van der Waals surface area contributed by atoms with Crippen molar-refractivity contribution in [1.29, 1.82) is 0 Å². The summed E-state index contributed by atoms with van der Waals surface area (Å²) in [5.74, 6) is 1.39. The third kappa shape index (κ3) is 5.57. The molecule has 0 radical (unpaired) electrons. The minimum absolute atomic E-state index is 0.148. The van der Waals surface area contributed by atoms with Crippen molar-refractivity contribution in [2.75, 3.05) is 13.1 Å². The van der Waals surface area contributed by atoms with Crippen molar-refractivity contribution in [3.05, 3.63) is 0 Å². The van der Waals surface area contributed by atoms with Crippen LogP contribution in [0.2, 0.25) is 0 Å². The third-order valence-corrected chi connectivity index (χ3v) is 1.79. The van der Waals surface area contributed by atoms with Crippen LogP contribution in [0.5, 0.6) is 0 Å². The van der Waals surface area contributed by atoms with E-state index >= 15 is 0 Å². The fourth-order valence-electron chi connectivity index (χ4n) is 1.02. The molecule has 0 fully saturated rings. The summed E-state index contributed by atoms with van der Waals surface area (Å²) < 4.78 is 0. The van der Waals surface area contributed by atoms with E-state index in [1.807, 2.05) is 0 Å². The number of aliphatic carboxylic acids is 1. The van der Waals surface area contributed by atoms with Crippen molar-refractivity contribution in [1.82, 2.24) is 10.2 Å². The summed E-state index contributed by atoms with van der Waals surface area (Å²) in [5.41, 5.74) is 0. The van der Waals surface area contributed by atoms with Crippen LogP contribution < -0.4 is 5.32 Å². The largest absolute Gasteiger partial charge is 0.480 e. The van der Waals surface area contributed by atoms with E-state index in [4.69, 9.17) is 11.5 Å². The zero-order valence-electron chi connectivity index (χ0n) is 8.99. The van der Waals surface area contributed by atoms with Gasteiger partial charge in [-0.2, -0.15) is 0 Å². The van der Waals surface area contributed by atoms with Crippen LogP contribution in [-0.2, 0) is 4.79 Å². The highest BCUT2D eigenvalue weighted by Gasteiger charge is 2.15. The SMILES string of the molecule is C#CCC(C)NC(=O)N(CC)CC(=O)O. The zero-order valence-corrected chi connectivity index (χ0v) is 8.99. The molecule has 84 valence electrons. The number of carbonyl (C=O) groups is 2. The number of nitrogens with one attached hydrogen (secondary N) is 1. The van der Waals surface area contributed by atoms with Crippen molar-refractivity contribution >= 4 is 12.0 Å². The van der Waals surface area contributed by atoms with Gasteiger partial charge in [0.15, 0.2) is 0 Å². The molecule has 0 aromatic rings. The smallest absolute Gasteiger partial charge is 0.323 e. The molecule has 2 N–H and O–H groups in total. The van der Waals surface area contributed by atoms with Gasteiger partial charge in [0, 0.05) is 19.0 Å². The van der Waals surface area contributed by atoms with Gasteiger partial charge in [0.2, 0.25) is 0 Å². The van der Waals surface area contributed by atoms with Gasteiger partial charge in [0.1, 0.15) is 6.54 Å². The normalized spacial score (nSPS) is 11.3. The topological polar surface area (TPSA) is 69.6 Å². The molecule has 0 aromatic heterocycles. The molecule has 0 heterocycles. The average molecular weight is 212 g/mol. The van der Waals surface area contributed by atoms with Gasteiger partial charge in [-0.15, -0.1) is 12.3 Å². The lowest BCUT2D eigenvalue weighted by molar-refractivity contribution is -0.137. The second-order valence-corrected chi connectivity index (χ2v) is 3.17. The van der Waals surface area contributed by atoms with Crippen LogP contribution in [-0.4, -0.2) is 41.1 Å². The fourth-order valence-corrected chi connectivity index (χ4v) is 1.02. The van der Waals surface area contributed by atoms with E-state index in [1.54, 1.807) is 13.8 Å². The molecule has 0 aliphatic carbocycles. The van der Waals surface area contributed by atoms with Gasteiger partial charge >= 0.3 is 12.0 Å². The number of urea groups is 1. The minimum atomic E-state index is -1.03. The number of hydrogen-bond donors (Lipinski definition) is 2. The van der Waals surface area contributed by atoms with E-state index < -0.39 is 12.0 Å². The molecule has 0 aliphatic rings. The molecule has 0 rings (SSSR count). The number of likely N-dealkylation sites (N-methyl/N-ethyl adjacent to an activating group) is 1. The summed E-state index contributed by atoms with van der Waals surface area (Å²) in [6, 6.07) is -0.548. The Labute approximate surface area is 89.4 Å². The van der Waals surface area contributed by atoms with Gasteiger partial charge in [-0.05, 0) is 13.8 Å². The first-order chi connectivity index (χ1) is 7.01. The first-order valence-electron chi connectivity index (χ1n) is 4.72. The number of nitrogens with zero attached hydrogens (tertiary/aromatic N) is 1. The van der Waals surface area contributed by atoms with E-state index in [0.29, 0.717) is 13.0 Å². The Kier molecular flexibility index (Phi) is 5.95.